The molecule has 5 heteroatoms. The summed E-state index contributed by atoms with van der Waals surface area (Å²) in [4.78, 5) is 7.89. The van der Waals surface area contributed by atoms with Gasteiger partial charge < -0.3 is 5.11 Å². The minimum absolute atomic E-state index is 0.235. The molecule has 2 rings (SSSR count). The highest BCUT2D eigenvalue weighted by Crippen LogP contribution is 2.07. The molecule has 0 aliphatic carbocycles. The number of nitrogens with one attached hydrogen (secondary N) is 1. The fraction of sp³-hybridized carbons (Fsp3) is 0. The van der Waals surface area contributed by atoms with E-state index in [0.29, 0.717) is 5.82 Å². The summed E-state index contributed by atoms with van der Waals surface area (Å²) in [5.41, 5.74) is 3.62. The second-order valence-electron chi connectivity index (χ2n) is 3.05. The number of phenols is 1. The third-order valence-corrected chi connectivity index (χ3v) is 1.85. The van der Waals surface area contributed by atoms with E-state index in [1.54, 1.807) is 49.1 Å². The van der Waals surface area contributed by atoms with E-state index in [9.17, 15) is 0 Å². The van der Waals surface area contributed by atoms with Crippen LogP contribution in [0.3, 0.4) is 0 Å². The van der Waals surface area contributed by atoms with Crippen LogP contribution in [0, 0.1) is 0 Å². The van der Waals surface area contributed by atoms with Crippen LogP contribution in [0.1, 0.15) is 5.56 Å². The SMILES string of the molecule is Oc1ccc(/C=N/Nc2cnccn2)cc1. The fourth-order valence-electron chi connectivity index (χ4n) is 1.09. The molecule has 0 atom stereocenters. The average Bonchev–Trinajstić information content (AvgIpc) is 2.33. The van der Waals surface area contributed by atoms with Crippen molar-refractivity contribution in [1.82, 2.24) is 9.97 Å². The van der Waals surface area contributed by atoms with Gasteiger partial charge in [-0.3, -0.25) is 10.4 Å². The average molecular weight is 214 g/mol. The number of rotatable bonds is 3. The van der Waals surface area contributed by atoms with Crippen LogP contribution in [0.25, 0.3) is 0 Å². The lowest BCUT2D eigenvalue weighted by atomic mass is 10.2. The Morgan fingerprint density at radius 2 is 2.00 bits per heavy atom. The van der Waals surface area contributed by atoms with E-state index in [1.165, 1.54) is 0 Å². The van der Waals surface area contributed by atoms with E-state index in [0.717, 1.165) is 5.56 Å². The summed E-state index contributed by atoms with van der Waals surface area (Å²) in [5, 5.41) is 13.1. The van der Waals surface area contributed by atoms with Crippen LogP contribution in [0.2, 0.25) is 0 Å². The molecular weight excluding hydrogens is 204 g/mol. The van der Waals surface area contributed by atoms with Gasteiger partial charge >= 0.3 is 0 Å². The molecule has 0 amide bonds. The van der Waals surface area contributed by atoms with Crippen molar-refractivity contribution < 1.29 is 5.11 Å². The maximum absolute atomic E-state index is 9.08. The number of phenolic OH excluding ortho intramolecular Hbond substituents is 1. The molecule has 2 aromatic rings. The van der Waals surface area contributed by atoms with Gasteiger partial charge in [0.05, 0.1) is 12.4 Å². The maximum Gasteiger partial charge on any atom is 0.164 e. The Hall–Kier alpha value is -2.43. The van der Waals surface area contributed by atoms with Crippen LogP contribution in [-0.2, 0) is 0 Å². The highest BCUT2D eigenvalue weighted by Gasteiger charge is 1.89. The van der Waals surface area contributed by atoms with Crippen LogP contribution in [0.15, 0.2) is 48.0 Å². The molecule has 0 saturated heterocycles. The topological polar surface area (TPSA) is 70.4 Å². The number of aromatic hydroxyl groups is 1. The predicted molar refractivity (Wildman–Crippen MR) is 61.4 cm³/mol. The molecule has 0 spiro atoms. The van der Waals surface area contributed by atoms with Gasteiger partial charge in [0.15, 0.2) is 5.82 Å². The van der Waals surface area contributed by atoms with Crippen LogP contribution >= 0.6 is 0 Å². The monoisotopic (exact) mass is 214 g/mol. The second-order valence-corrected chi connectivity index (χ2v) is 3.05. The first kappa shape index (κ1) is 10.1. The van der Waals surface area contributed by atoms with Crippen molar-refractivity contribution >= 4 is 12.0 Å². The summed E-state index contributed by atoms with van der Waals surface area (Å²) >= 11 is 0. The van der Waals surface area contributed by atoms with Crippen LogP contribution in [0.5, 0.6) is 5.75 Å². The zero-order valence-corrected chi connectivity index (χ0v) is 8.41. The Kier molecular flexibility index (Phi) is 3.08. The lowest BCUT2D eigenvalue weighted by Crippen LogP contribution is -1.93. The molecule has 1 aromatic carbocycles. The molecule has 0 aliphatic heterocycles. The lowest BCUT2D eigenvalue weighted by Gasteiger charge is -1.97. The number of nitrogens with zero attached hydrogens (tertiary/aromatic N) is 3. The smallest absolute Gasteiger partial charge is 0.164 e. The predicted octanol–water partition coefficient (Wildman–Crippen LogP) is 1.63. The Morgan fingerprint density at radius 3 is 2.69 bits per heavy atom. The molecule has 2 N–H and O–H groups in total. The molecule has 1 heterocycles. The van der Waals surface area contributed by atoms with Crippen LogP contribution in [-0.4, -0.2) is 21.3 Å². The molecule has 5 nitrogen and oxygen atoms in total. The maximum atomic E-state index is 9.08. The van der Waals surface area contributed by atoms with Crippen molar-refractivity contribution in [3.63, 3.8) is 0 Å². The third-order valence-electron chi connectivity index (χ3n) is 1.85. The zero-order valence-electron chi connectivity index (χ0n) is 8.41. The third kappa shape index (κ3) is 2.78. The van der Waals surface area contributed by atoms with Crippen LogP contribution < -0.4 is 5.43 Å². The molecule has 16 heavy (non-hydrogen) atoms. The summed E-state index contributed by atoms with van der Waals surface area (Å²) in [7, 11) is 0. The van der Waals surface area contributed by atoms with Crippen molar-refractivity contribution in [2.75, 3.05) is 5.43 Å². The van der Waals surface area contributed by atoms with Crippen molar-refractivity contribution in [3.8, 4) is 5.75 Å². The van der Waals surface area contributed by atoms with Gasteiger partial charge in [0.25, 0.3) is 0 Å². The van der Waals surface area contributed by atoms with Gasteiger partial charge in [-0.25, -0.2) is 4.98 Å². The van der Waals surface area contributed by atoms with E-state index in [4.69, 9.17) is 5.11 Å². The van der Waals surface area contributed by atoms with E-state index in [-0.39, 0.29) is 5.75 Å². The summed E-state index contributed by atoms with van der Waals surface area (Å²) in [6.45, 7) is 0. The van der Waals surface area contributed by atoms with Gasteiger partial charge in [-0.2, -0.15) is 5.10 Å². The number of aromatic nitrogens is 2. The van der Waals surface area contributed by atoms with Gasteiger partial charge in [-0.15, -0.1) is 0 Å². The highest BCUT2D eigenvalue weighted by atomic mass is 16.3. The first-order valence-electron chi connectivity index (χ1n) is 4.69. The van der Waals surface area contributed by atoms with Gasteiger partial charge in [0.1, 0.15) is 5.75 Å². The standard InChI is InChI=1S/C11H10N4O/c16-10-3-1-9(2-4-10)7-14-15-11-8-12-5-6-13-11/h1-8,16H,(H,13,15)/b14-7+. The minimum Gasteiger partial charge on any atom is -0.508 e. The lowest BCUT2D eigenvalue weighted by molar-refractivity contribution is 0.475. The van der Waals surface area contributed by atoms with E-state index >= 15 is 0 Å². The highest BCUT2D eigenvalue weighted by molar-refractivity contribution is 5.80. The molecule has 1 aromatic heterocycles. The second kappa shape index (κ2) is 4.88. The molecule has 0 radical (unpaired) electrons. The first-order valence-corrected chi connectivity index (χ1v) is 4.69. The Morgan fingerprint density at radius 1 is 1.19 bits per heavy atom. The summed E-state index contributed by atoms with van der Waals surface area (Å²) < 4.78 is 0. The molecule has 0 saturated carbocycles. The van der Waals surface area contributed by atoms with E-state index < -0.39 is 0 Å². The van der Waals surface area contributed by atoms with Gasteiger partial charge in [-0.05, 0) is 29.8 Å². The van der Waals surface area contributed by atoms with Crippen molar-refractivity contribution in [3.05, 3.63) is 48.4 Å². The number of hydrazone groups is 1. The summed E-state index contributed by atoms with van der Waals surface area (Å²) in [6, 6.07) is 6.72. The Balaban J connectivity index is 1.98. The number of benzene rings is 1. The number of hydrogen-bond acceptors (Lipinski definition) is 5. The fourth-order valence-corrected chi connectivity index (χ4v) is 1.09. The van der Waals surface area contributed by atoms with Crippen molar-refractivity contribution in [1.29, 1.82) is 0 Å². The van der Waals surface area contributed by atoms with Crippen molar-refractivity contribution in [2.24, 2.45) is 5.10 Å². The minimum atomic E-state index is 0.235. The molecule has 80 valence electrons. The van der Waals surface area contributed by atoms with Crippen LogP contribution in [0.4, 0.5) is 5.82 Å². The largest absolute Gasteiger partial charge is 0.508 e. The molecule has 0 unspecified atom stereocenters. The zero-order chi connectivity index (χ0) is 11.2. The van der Waals surface area contributed by atoms with E-state index in [2.05, 4.69) is 20.5 Å². The molecule has 0 fully saturated rings. The first-order chi connectivity index (χ1) is 7.84. The summed E-state index contributed by atoms with van der Waals surface area (Å²) in [6.07, 6.45) is 6.38. The van der Waals surface area contributed by atoms with Gasteiger partial charge in [0.2, 0.25) is 0 Å². The number of hydrogen-bond donors (Lipinski definition) is 2. The normalized spacial score (nSPS) is 10.5. The Labute approximate surface area is 92.5 Å². The molecule has 0 bridgehead atoms. The molecular formula is C11H10N4O. The number of anilines is 1. The van der Waals surface area contributed by atoms with Gasteiger partial charge in [0, 0.05) is 12.4 Å². The Bertz CT molecular complexity index is 467. The molecule has 0 aliphatic rings. The summed E-state index contributed by atoms with van der Waals surface area (Å²) in [5.74, 6) is 0.816. The quantitative estimate of drug-likeness (QED) is 0.601. The van der Waals surface area contributed by atoms with E-state index in [1.807, 2.05) is 0 Å². The van der Waals surface area contributed by atoms with Gasteiger partial charge in [-0.1, -0.05) is 0 Å². The van der Waals surface area contributed by atoms with Crippen molar-refractivity contribution in [2.45, 2.75) is 0 Å².